The summed E-state index contributed by atoms with van der Waals surface area (Å²) >= 11 is 0. The lowest BCUT2D eigenvalue weighted by molar-refractivity contribution is -0.161. The third kappa shape index (κ3) is 17.4. The molecule has 0 fully saturated rings. The molecule has 18 nitrogen and oxygen atoms in total. The maximum absolute atomic E-state index is 12.9. The van der Waals surface area contributed by atoms with Gasteiger partial charge in [0.05, 0.1) is 0 Å². The molecule has 0 bridgehead atoms. The molecule has 0 saturated heterocycles. The van der Waals surface area contributed by atoms with Crippen LogP contribution in [0.2, 0.25) is 0 Å². The van der Waals surface area contributed by atoms with Crippen molar-refractivity contribution in [3.63, 3.8) is 0 Å². The van der Waals surface area contributed by atoms with Gasteiger partial charge in [0.15, 0.2) is 0 Å². The molecule has 0 spiro atoms. The van der Waals surface area contributed by atoms with Crippen molar-refractivity contribution in [1.29, 1.82) is 0 Å². The van der Waals surface area contributed by atoms with E-state index in [-0.39, 0.29) is 0 Å². The van der Waals surface area contributed by atoms with Crippen LogP contribution >= 0.6 is 0 Å². The summed E-state index contributed by atoms with van der Waals surface area (Å²) in [5.41, 5.74) is -1.28. The van der Waals surface area contributed by atoms with Gasteiger partial charge in [-0.1, -0.05) is 77.6 Å². The van der Waals surface area contributed by atoms with Gasteiger partial charge in [-0.3, -0.25) is 10.6 Å². The molecule has 0 saturated carbocycles. The van der Waals surface area contributed by atoms with Gasteiger partial charge < -0.3 is 37.9 Å². The van der Waals surface area contributed by atoms with Crippen LogP contribution in [0, 0.1) is 10.8 Å². The van der Waals surface area contributed by atoms with Crippen molar-refractivity contribution in [1.82, 2.24) is 0 Å². The quantitative estimate of drug-likeness (QED) is 0.0679. The molecule has 0 aliphatic carbocycles. The number of rotatable bonds is 26. The van der Waals surface area contributed by atoms with E-state index < -0.39 is 117 Å². The Hall–Kier alpha value is -7.76. The number of benzene rings is 2. The smallest absolute Gasteiger partial charge is 0.411 e. The Labute approximate surface area is 364 Å². The lowest BCUT2D eigenvalue weighted by atomic mass is 9.78. The highest BCUT2D eigenvalue weighted by Gasteiger charge is 2.39. The molecule has 2 aromatic carbocycles. The molecule has 18 heteroatoms. The maximum Gasteiger partial charge on any atom is 0.411 e. The highest BCUT2D eigenvalue weighted by molar-refractivity contribution is 5.86. The maximum atomic E-state index is 12.9. The van der Waals surface area contributed by atoms with Gasteiger partial charge in [0.25, 0.3) is 0 Å². The Bertz CT molecular complexity index is 1770. The number of amides is 2. The average molecular weight is 875 g/mol. The van der Waals surface area contributed by atoms with Gasteiger partial charge in [0.2, 0.25) is 0 Å². The lowest BCUT2D eigenvalue weighted by Gasteiger charge is -2.31. The third-order valence-corrected chi connectivity index (χ3v) is 8.85. The zero-order chi connectivity index (χ0) is 47.1. The minimum absolute atomic E-state index is 0.345. The lowest BCUT2D eigenvalue weighted by Crippen LogP contribution is -2.44. The first-order valence-electron chi connectivity index (χ1n) is 18.7. The second kappa shape index (κ2) is 25.1. The number of hydrogen-bond acceptors (Lipinski definition) is 16. The first kappa shape index (κ1) is 51.4. The van der Waals surface area contributed by atoms with Gasteiger partial charge in [-0.25, -0.2) is 38.4 Å². The van der Waals surface area contributed by atoms with E-state index in [0.29, 0.717) is 11.4 Å². The number of carbonyl (C=O) groups is 8. The molecule has 63 heavy (non-hydrogen) atoms. The van der Waals surface area contributed by atoms with E-state index in [1.54, 1.807) is 48.5 Å². The monoisotopic (exact) mass is 874 g/mol. The molecule has 0 unspecified atom stereocenters. The second-order valence-corrected chi connectivity index (χ2v) is 14.1. The first-order valence-corrected chi connectivity index (χ1v) is 18.7. The standard InChI is InChI=1S/C45H50N2O16/c1-9-35(48)56-23-44(24-57-36(49)10-2,25-58-37(50)11-3)29-62-41(54)46-33-19-15-31(16-20-33)43(7,8)32-17-21-34(22-18-32)47-42(55)63-30-45(26-59-38(51)12-4,27-60-39(52)13-5)28-61-40(53)14-6/h9-22H,1-6,23-30H2,7-8H3,(H,46,54)(H,47,55). The molecule has 2 rings (SSSR count). The predicted molar refractivity (Wildman–Crippen MR) is 227 cm³/mol. The number of nitrogens with one attached hydrogen (secondary N) is 2. The van der Waals surface area contributed by atoms with Crippen LogP contribution in [0.15, 0.2) is 124 Å². The third-order valence-electron chi connectivity index (χ3n) is 8.85. The Kier molecular flexibility index (Phi) is 20.5. The predicted octanol–water partition coefficient (Wildman–Crippen LogP) is 5.46. The molecule has 336 valence electrons. The van der Waals surface area contributed by atoms with E-state index >= 15 is 0 Å². The number of carbonyl (C=O) groups excluding carboxylic acids is 8. The van der Waals surface area contributed by atoms with Gasteiger partial charge in [0, 0.05) is 53.2 Å². The Morgan fingerprint density at radius 3 is 0.810 bits per heavy atom. The summed E-state index contributed by atoms with van der Waals surface area (Å²) in [7, 11) is 0. The van der Waals surface area contributed by atoms with Gasteiger partial charge >= 0.3 is 48.0 Å². The molecule has 0 heterocycles. The molecular formula is C45H50N2O16. The van der Waals surface area contributed by atoms with Crippen LogP contribution in [0.25, 0.3) is 0 Å². The highest BCUT2D eigenvalue weighted by Crippen LogP contribution is 2.33. The first-order chi connectivity index (χ1) is 29.9. The molecule has 0 radical (unpaired) electrons. The normalized spacial score (nSPS) is 10.8. The molecule has 0 aliphatic rings. The summed E-state index contributed by atoms with van der Waals surface area (Å²) in [6.07, 6.45) is 3.53. The summed E-state index contributed by atoms with van der Waals surface area (Å²) in [5.74, 6) is -4.97. The molecule has 2 amide bonds. The van der Waals surface area contributed by atoms with Crippen LogP contribution < -0.4 is 10.6 Å². The number of hydrogen-bond donors (Lipinski definition) is 2. The second-order valence-electron chi connectivity index (χ2n) is 14.1. The van der Waals surface area contributed by atoms with Crippen molar-refractivity contribution in [3.05, 3.63) is 136 Å². The summed E-state index contributed by atoms with van der Waals surface area (Å²) in [5, 5.41) is 5.17. The van der Waals surface area contributed by atoms with E-state index in [0.717, 1.165) is 47.6 Å². The molecule has 0 aliphatic heterocycles. The number of ether oxygens (including phenoxy) is 8. The van der Waals surface area contributed by atoms with Crippen LogP contribution in [0.1, 0.15) is 25.0 Å². The Morgan fingerprint density at radius 2 is 0.603 bits per heavy atom. The summed E-state index contributed by atoms with van der Waals surface area (Å²) in [6.45, 7) is 19.9. The van der Waals surface area contributed by atoms with Crippen LogP contribution in [-0.4, -0.2) is 101 Å². The molecule has 0 atom stereocenters. The van der Waals surface area contributed by atoms with Crippen molar-refractivity contribution in [3.8, 4) is 0 Å². The van der Waals surface area contributed by atoms with Gasteiger partial charge in [-0.2, -0.15) is 0 Å². The zero-order valence-corrected chi connectivity index (χ0v) is 35.0. The summed E-state index contributed by atoms with van der Waals surface area (Å²) in [4.78, 5) is 97.1. The summed E-state index contributed by atoms with van der Waals surface area (Å²) < 4.78 is 41.7. The average Bonchev–Trinajstić information content (AvgIpc) is 3.29. The van der Waals surface area contributed by atoms with Crippen LogP contribution in [0.3, 0.4) is 0 Å². The van der Waals surface area contributed by atoms with Crippen LogP contribution in [-0.2, 0) is 72.1 Å². The van der Waals surface area contributed by atoms with Gasteiger partial charge in [0.1, 0.15) is 63.7 Å². The number of anilines is 2. The van der Waals surface area contributed by atoms with Gasteiger partial charge in [-0.05, 0) is 35.4 Å². The minimum atomic E-state index is -1.52. The highest BCUT2D eigenvalue weighted by atomic mass is 16.6. The van der Waals surface area contributed by atoms with Crippen LogP contribution in [0.4, 0.5) is 21.0 Å². The van der Waals surface area contributed by atoms with E-state index in [1.807, 2.05) is 13.8 Å². The minimum Gasteiger partial charge on any atom is -0.462 e. The molecule has 2 N–H and O–H groups in total. The molecular weight excluding hydrogens is 824 g/mol. The SMILES string of the molecule is C=CC(=O)OCC(COC(=O)C=C)(COC(=O)C=C)COC(=O)Nc1ccc(C(C)(C)c2ccc(NC(=O)OCC(COC(=O)C=C)(COC(=O)C=C)COC(=O)C=C)cc2)cc1. The number of esters is 6. The van der Waals surface area contributed by atoms with E-state index in [4.69, 9.17) is 37.9 Å². The van der Waals surface area contributed by atoms with E-state index in [9.17, 15) is 38.4 Å². The van der Waals surface area contributed by atoms with Crippen molar-refractivity contribution in [2.24, 2.45) is 10.8 Å². The van der Waals surface area contributed by atoms with Crippen molar-refractivity contribution in [2.75, 3.05) is 63.5 Å². The molecule has 0 aromatic heterocycles. The molecule has 2 aromatic rings. The fraction of sp³-hybridized carbons (Fsp3) is 0.289. The Balaban J connectivity index is 2.16. The van der Waals surface area contributed by atoms with Crippen molar-refractivity contribution >= 4 is 59.4 Å². The largest absolute Gasteiger partial charge is 0.462 e. The van der Waals surface area contributed by atoms with Crippen molar-refractivity contribution in [2.45, 2.75) is 19.3 Å². The topological polar surface area (TPSA) is 234 Å². The fourth-order valence-corrected chi connectivity index (χ4v) is 5.05. The van der Waals surface area contributed by atoms with E-state index in [2.05, 4.69) is 50.1 Å². The van der Waals surface area contributed by atoms with Crippen LogP contribution in [0.5, 0.6) is 0 Å². The van der Waals surface area contributed by atoms with Crippen molar-refractivity contribution < 1.29 is 76.3 Å². The Morgan fingerprint density at radius 1 is 0.397 bits per heavy atom. The zero-order valence-electron chi connectivity index (χ0n) is 35.0. The van der Waals surface area contributed by atoms with Gasteiger partial charge in [-0.15, -0.1) is 0 Å². The fourth-order valence-electron chi connectivity index (χ4n) is 5.05. The summed E-state index contributed by atoms with van der Waals surface area (Å²) in [6, 6.07) is 13.6. The van der Waals surface area contributed by atoms with E-state index in [1.165, 1.54) is 0 Å².